The average Bonchev–Trinajstić information content (AvgIpc) is 2.51. The predicted molar refractivity (Wildman–Crippen MR) is 102 cm³/mol. The summed E-state index contributed by atoms with van der Waals surface area (Å²) in [7, 11) is -3.27. The summed E-state index contributed by atoms with van der Waals surface area (Å²) in [6.07, 6.45) is 19.4. The molecule has 0 saturated heterocycles. The lowest BCUT2D eigenvalue weighted by Crippen LogP contribution is -2.04. The minimum atomic E-state index is -3.27. The van der Waals surface area contributed by atoms with Crippen molar-refractivity contribution in [2.24, 2.45) is 0 Å². The van der Waals surface area contributed by atoms with E-state index in [9.17, 15) is 13.5 Å². The van der Waals surface area contributed by atoms with Gasteiger partial charge < -0.3 is 5.11 Å². The van der Waals surface area contributed by atoms with E-state index < -0.39 is 10.1 Å². The highest BCUT2D eigenvalue weighted by atomic mass is 32.2. The van der Waals surface area contributed by atoms with Crippen LogP contribution in [0.2, 0.25) is 0 Å². The smallest absolute Gasteiger partial charge is 0.264 e. The van der Waals surface area contributed by atoms with Gasteiger partial charge in [0.15, 0.2) is 0 Å². The number of rotatable bonds is 17. The summed E-state index contributed by atoms with van der Waals surface area (Å²) >= 11 is 0. The first kappa shape index (κ1) is 23.6. The lowest BCUT2D eigenvalue weighted by Gasteiger charge is -2.07. The summed E-state index contributed by atoms with van der Waals surface area (Å²) in [5, 5.41) is 9.84. The lowest BCUT2D eigenvalue weighted by atomic mass is 10.1. The average molecular weight is 363 g/mol. The fraction of sp³-hybridized carbons (Fsp3) is 0.895. The second kappa shape index (κ2) is 16.1. The minimum absolute atomic E-state index is 0.174. The fourth-order valence-electron chi connectivity index (χ4n) is 2.58. The van der Waals surface area contributed by atoms with Crippen LogP contribution in [0.3, 0.4) is 0 Å². The van der Waals surface area contributed by atoms with E-state index in [1.54, 1.807) is 0 Å². The van der Waals surface area contributed by atoms with E-state index in [4.69, 9.17) is 4.18 Å². The van der Waals surface area contributed by atoms with Crippen molar-refractivity contribution >= 4 is 10.1 Å². The van der Waals surface area contributed by atoms with Crippen LogP contribution in [-0.2, 0) is 14.3 Å². The molecule has 0 amide bonds. The molecule has 0 aromatic heterocycles. The van der Waals surface area contributed by atoms with Gasteiger partial charge in [-0.3, -0.25) is 4.18 Å². The van der Waals surface area contributed by atoms with Gasteiger partial charge in [-0.2, -0.15) is 8.42 Å². The highest BCUT2D eigenvalue weighted by molar-refractivity contribution is 7.85. The summed E-state index contributed by atoms with van der Waals surface area (Å²) in [4.78, 5) is 0. The molecule has 0 saturated carbocycles. The molecule has 4 nitrogen and oxygen atoms in total. The number of hydrogen-bond acceptors (Lipinski definition) is 4. The van der Waals surface area contributed by atoms with E-state index in [1.807, 2.05) is 0 Å². The molecule has 1 N–H and O–H groups in total. The zero-order chi connectivity index (χ0) is 18.1. The van der Waals surface area contributed by atoms with Gasteiger partial charge >= 0.3 is 0 Å². The van der Waals surface area contributed by atoms with Crippen LogP contribution in [0.15, 0.2) is 12.2 Å². The summed E-state index contributed by atoms with van der Waals surface area (Å²) in [5.41, 5.74) is 0. The predicted octanol–water partition coefficient (Wildman–Crippen LogP) is 4.97. The summed E-state index contributed by atoms with van der Waals surface area (Å²) in [6.45, 7) is 2.51. The number of unbranched alkanes of at least 4 members (excludes halogenated alkanes) is 9. The van der Waals surface area contributed by atoms with Crippen LogP contribution < -0.4 is 0 Å². The zero-order valence-corrected chi connectivity index (χ0v) is 16.5. The molecule has 0 rings (SSSR count). The fourth-order valence-corrected chi connectivity index (χ4v) is 3.00. The van der Waals surface area contributed by atoms with Crippen LogP contribution in [0.25, 0.3) is 0 Å². The van der Waals surface area contributed by atoms with Gasteiger partial charge in [-0.15, -0.1) is 0 Å². The monoisotopic (exact) mass is 362 g/mol. The molecule has 144 valence electrons. The maximum absolute atomic E-state index is 10.8. The van der Waals surface area contributed by atoms with Gasteiger partial charge in [0, 0.05) is 0 Å². The summed E-state index contributed by atoms with van der Waals surface area (Å²) < 4.78 is 26.2. The van der Waals surface area contributed by atoms with Crippen LogP contribution in [0.5, 0.6) is 0 Å². The van der Waals surface area contributed by atoms with E-state index in [2.05, 4.69) is 19.1 Å². The molecule has 0 aliphatic heterocycles. The van der Waals surface area contributed by atoms with Crippen molar-refractivity contribution in [1.82, 2.24) is 0 Å². The molecular formula is C19H38O4S. The maximum Gasteiger partial charge on any atom is 0.264 e. The van der Waals surface area contributed by atoms with Crippen molar-refractivity contribution in [2.45, 2.75) is 96.5 Å². The third-order valence-electron chi connectivity index (χ3n) is 4.03. The van der Waals surface area contributed by atoms with E-state index in [-0.39, 0.29) is 6.10 Å². The molecular weight excluding hydrogens is 324 g/mol. The number of allylic oxidation sites excluding steroid dienone is 1. The Hall–Kier alpha value is -0.390. The molecule has 0 aromatic carbocycles. The molecule has 0 unspecified atom stereocenters. The quantitative estimate of drug-likeness (QED) is 0.225. The maximum atomic E-state index is 10.8. The van der Waals surface area contributed by atoms with Crippen LogP contribution in [-0.4, -0.2) is 32.5 Å². The van der Waals surface area contributed by atoms with Crippen molar-refractivity contribution < 1.29 is 17.7 Å². The lowest BCUT2D eigenvalue weighted by molar-refractivity contribution is 0.163. The molecule has 0 heterocycles. The van der Waals surface area contributed by atoms with Crippen LogP contribution in [0.4, 0.5) is 0 Å². The molecule has 0 aromatic rings. The third kappa shape index (κ3) is 19.7. The normalized spacial score (nSPS) is 13.6. The molecule has 24 heavy (non-hydrogen) atoms. The Bertz CT molecular complexity index is 390. The summed E-state index contributed by atoms with van der Waals surface area (Å²) in [5.74, 6) is 0. The zero-order valence-electron chi connectivity index (χ0n) is 15.7. The second-order valence-corrected chi connectivity index (χ2v) is 8.29. The van der Waals surface area contributed by atoms with Gasteiger partial charge in [0.2, 0.25) is 0 Å². The standard InChI is InChI=1S/C19H38O4S/c1-3-4-5-13-16-19(20)17-14-11-9-7-6-8-10-12-15-18-23-24(2,21)22/h11,14,19-20H,3-10,12-13,15-18H2,1-2H3/b14-11-/t19-/m1/s1. The van der Waals surface area contributed by atoms with Crippen molar-refractivity contribution in [1.29, 1.82) is 0 Å². The first-order valence-electron chi connectivity index (χ1n) is 9.63. The molecule has 5 heteroatoms. The first-order valence-corrected chi connectivity index (χ1v) is 11.4. The van der Waals surface area contributed by atoms with Gasteiger partial charge in [-0.25, -0.2) is 0 Å². The molecule has 1 atom stereocenters. The Morgan fingerprint density at radius 2 is 1.54 bits per heavy atom. The van der Waals surface area contributed by atoms with Crippen molar-refractivity contribution in [2.75, 3.05) is 12.9 Å². The highest BCUT2D eigenvalue weighted by Crippen LogP contribution is 2.10. The molecule has 0 aliphatic rings. The van der Waals surface area contributed by atoms with E-state index >= 15 is 0 Å². The SMILES string of the molecule is CCCCCC[C@@H](O)C/C=C\CCCCCCCCOS(C)(=O)=O. The van der Waals surface area contributed by atoms with E-state index in [1.165, 1.54) is 38.5 Å². The van der Waals surface area contributed by atoms with E-state index in [0.717, 1.165) is 51.2 Å². The highest BCUT2D eigenvalue weighted by Gasteiger charge is 2.01. The van der Waals surface area contributed by atoms with Crippen LogP contribution >= 0.6 is 0 Å². The van der Waals surface area contributed by atoms with Gasteiger partial charge in [-0.05, 0) is 32.1 Å². The van der Waals surface area contributed by atoms with Crippen LogP contribution in [0.1, 0.15) is 90.4 Å². The number of aliphatic hydroxyl groups is 1. The van der Waals surface area contributed by atoms with Gasteiger partial charge in [-0.1, -0.05) is 70.4 Å². The van der Waals surface area contributed by atoms with Crippen molar-refractivity contribution in [3.8, 4) is 0 Å². The first-order chi connectivity index (χ1) is 11.5. The molecule has 0 bridgehead atoms. The Labute approximate surface area is 149 Å². The Morgan fingerprint density at radius 1 is 0.917 bits per heavy atom. The molecule has 0 radical (unpaired) electrons. The summed E-state index contributed by atoms with van der Waals surface area (Å²) in [6, 6.07) is 0. The number of aliphatic hydroxyl groups excluding tert-OH is 1. The van der Waals surface area contributed by atoms with Crippen LogP contribution in [0, 0.1) is 0 Å². The largest absolute Gasteiger partial charge is 0.393 e. The van der Waals surface area contributed by atoms with Crippen molar-refractivity contribution in [3.63, 3.8) is 0 Å². The molecule has 0 aliphatic carbocycles. The van der Waals surface area contributed by atoms with E-state index in [0.29, 0.717) is 6.61 Å². The Balaban J connectivity index is 3.29. The van der Waals surface area contributed by atoms with Gasteiger partial charge in [0.1, 0.15) is 0 Å². The molecule has 0 fully saturated rings. The Morgan fingerprint density at radius 3 is 2.21 bits per heavy atom. The Kier molecular flexibility index (Phi) is 15.8. The van der Waals surface area contributed by atoms with Crippen molar-refractivity contribution in [3.05, 3.63) is 12.2 Å². The topological polar surface area (TPSA) is 63.6 Å². The van der Waals surface area contributed by atoms with Gasteiger partial charge in [0.05, 0.1) is 19.0 Å². The second-order valence-electron chi connectivity index (χ2n) is 6.65. The minimum Gasteiger partial charge on any atom is -0.393 e. The third-order valence-corrected chi connectivity index (χ3v) is 4.62. The molecule has 0 spiro atoms. The number of hydrogen-bond donors (Lipinski definition) is 1. The van der Waals surface area contributed by atoms with Gasteiger partial charge in [0.25, 0.3) is 10.1 Å².